The summed E-state index contributed by atoms with van der Waals surface area (Å²) in [6.07, 6.45) is -4.92. The smallest absolute Gasteiger partial charge is 0.460 e. The quantitative estimate of drug-likeness (QED) is 0.609. The second kappa shape index (κ2) is 4.44. The van der Waals surface area contributed by atoms with E-state index in [2.05, 4.69) is 14.5 Å². The minimum atomic E-state index is -4.92. The van der Waals surface area contributed by atoms with Crippen LogP contribution in [0.5, 0.6) is 11.6 Å². The molecule has 6 nitrogen and oxygen atoms in total. The lowest BCUT2D eigenvalue weighted by Gasteiger charge is -2.11. The molecule has 1 rings (SSSR count). The summed E-state index contributed by atoms with van der Waals surface area (Å²) in [4.78, 5) is 12.9. The molecule has 9 heteroatoms. The van der Waals surface area contributed by atoms with E-state index >= 15 is 0 Å². The maximum absolute atomic E-state index is 12.1. The molecule has 1 aromatic heterocycles. The molecule has 0 aliphatic rings. The first-order valence-corrected chi connectivity index (χ1v) is 4.20. The number of alkyl halides is 3. The summed E-state index contributed by atoms with van der Waals surface area (Å²) in [6, 6.07) is 0.865. The second-order valence-corrected chi connectivity index (χ2v) is 2.94. The topological polar surface area (TPSA) is 74.5 Å². The predicted molar refractivity (Wildman–Crippen MR) is 48.9 cm³/mol. The van der Waals surface area contributed by atoms with Crippen molar-refractivity contribution < 1.29 is 27.6 Å². The van der Waals surface area contributed by atoms with Gasteiger partial charge in [0.1, 0.15) is 0 Å². The van der Waals surface area contributed by atoms with E-state index in [1.165, 1.54) is 6.92 Å². The van der Waals surface area contributed by atoms with E-state index in [0.717, 1.165) is 13.2 Å². The number of pyridine rings is 1. The van der Waals surface area contributed by atoms with Crippen LogP contribution in [-0.4, -0.2) is 23.4 Å². The van der Waals surface area contributed by atoms with Crippen LogP contribution in [0.2, 0.25) is 0 Å². The molecule has 0 radical (unpaired) electrons. The van der Waals surface area contributed by atoms with Crippen molar-refractivity contribution >= 4 is 5.82 Å². The average molecular weight is 252 g/mol. The Labute approximate surface area is 93.1 Å². The normalized spacial score (nSPS) is 11.1. The van der Waals surface area contributed by atoms with Crippen molar-refractivity contribution in [1.82, 2.24) is 4.98 Å². The lowest BCUT2D eigenvalue weighted by Crippen LogP contribution is -2.18. The van der Waals surface area contributed by atoms with Crippen molar-refractivity contribution in [2.45, 2.75) is 13.3 Å². The third-order valence-corrected chi connectivity index (χ3v) is 1.71. The molecule has 0 saturated heterocycles. The molecule has 0 atom stereocenters. The maximum Gasteiger partial charge on any atom is 0.573 e. The number of methoxy groups -OCH3 is 1. The van der Waals surface area contributed by atoms with E-state index in [9.17, 15) is 23.3 Å². The first kappa shape index (κ1) is 13.0. The highest BCUT2D eigenvalue weighted by Crippen LogP contribution is 2.35. The van der Waals surface area contributed by atoms with Crippen LogP contribution in [0.25, 0.3) is 0 Å². The molecule has 0 fully saturated rings. The van der Waals surface area contributed by atoms with Gasteiger partial charge in [-0.25, -0.2) is 0 Å². The van der Waals surface area contributed by atoms with Gasteiger partial charge >= 0.3 is 18.1 Å². The Hall–Kier alpha value is -2.06. The van der Waals surface area contributed by atoms with Gasteiger partial charge in [-0.15, -0.1) is 13.2 Å². The number of aromatic nitrogens is 1. The zero-order chi connectivity index (χ0) is 13.2. The average Bonchev–Trinajstić information content (AvgIpc) is 2.18. The number of nitro groups is 1. The molecule has 1 aromatic rings. The van der Waals surface area contributed by atoms with Gasteiger partial charge < -0.3 is 19.6 Å². The van der Waals surface area contributed by atoms with Gasteiger partial charge in [0.25, 0.3) is 0 Å². The maximum atomic E-state index is 12.1. The van der Waals surface area contributed by atoms with E-state index in [-0.39, 0.29) is 5.56 Å². The summed E-state index contributed by atoms with van der Waals surface area (Å²) >= 11 is 0. The highest BCUT2D eigenvalue weighted by atomic mass is 19.4. The summed E-state index contributed by atoms with van der Waals surface area (Å²) in [5.74, 6) is -1.89. The number of nitrogens with zero attached hydrogens (tertiary/aromatic N) is 2. The molecule has 0 amide bonds. The van der Waals surface area contributed by atoms with Gasteiger partial charge in [0.2, 0.25) is 5.75 Å². The van der Waals surface area contributed by atoms with Crippen LogP contribution in [0.3, 0.4) is 0 Å². The number of halogens is 3. The second-order valence-electron chi connectivity index (χ2n) is 2.94. The van der Waals surface area contributed by atoms with Gasteiger partial charge in [-0.05, 0) is 11.8 Å². The number of hydrogen-bond acceptors (Lipinski definition) is 5. The van der Waals surface area contributed by atoms with E-state index in [1.54, 1.807) is 0 Å². The zero-order valence-corrected chi connectivity index (χ0v) is 8.74. The minimum Gasteiger partial charge on any atom is -0.460 e. The first-order chi connectivity index (χ1) is 7.74. The van der Waals surface area contributed by atoms with Crippen molar-refractivity contribution in [3.05, 3.63) is 21.7 Å². The first-order valence-electron chi connectivity index (χ1n) is 4.20. The Morgan fingerprint density at radius 2 is 2.06 bits per heavy atom. The van der Waals surface area contributed by atoms with E-state index in [4.69, 9.17) is 0 Å². The van der Waals surface area contributed by atoms with Crippen LogP contribution in [0.15, 0.2) is 6.07 Å². The fourth-order valence-corrected chi connectivity index (χ4v) is 1.09. The lowest BCUT2D eigenvalue weighted by atomic mass is 10.2. The Balaban J connectivity index is 3.26. The minimum absolute atomic E-state index is 0.0964. The SMILES string of the molecule is COc1nc([N+](=O)[O-])cc(C)c1OC(F)(F)F. The number of aryl methyl sites for hydroxylation is 1. The molecule has 1 heterocycles. The van der Waals surface area contributed by atoms with Crippen molar-refractivity contribution in [3.63, 3.8) is 0 Å². The molecule has 94 valence electrons. The molecule has 0 saturated carbocycles. The molecule has 0 aliphatic heterocycles. The standard InChI is InChI=1S/C8H7F3N2O4/c1-4-3-5(13(14)15)12-7(16-2)6(4)17-8(9,10)11/h3H,1-2H3. The summed E-state index contributed by atoms with van der Waals surface area (Å²) < 4.78 is 44.4. The predicted octanol–water partition coefficient (Wildman–Crippen LogP) is 2.21. The highest BCUT2D eigenvalue weighted by molar-refractivity contribution is 5.46. The number of hydrogen-bond donors (Lipinski definition) is 0. The number of ether oxygens (including phenoxy) is 2. The van der Waals surface area contributed by atoms with Gasteiger partial charge in [0.15, 0.2) is 0 Å². The van der Waals surface area contributed by atoms with Gasteiger partial charge in [0, 0.05) is 16.6 Å². The molecule has 0 aromatic carbocycles. The fraction of sp³-hybridized carbons (Fsp3) is 0.375. The van der Waals surface area contributed by atoms with Crippen LogP contribution in [0.4, 0.5) is 19.0 Å². The summed E-state index contributed by atoms with van der Waals surface area (Å²) in [6.45, 7) is 1.22. The van der Waals surface area contributed by atoms with Crippen molar-refractivity contribution in [3.8, 4) is 11.6 Å². The number of rotatable bonds is 3. The van der Waals surface area contributed by atoms with Crippen LogP contribution in [-0.2, 0) is 0 Å². The van der Waals surface area contributed by atoms with Crippen LogP contribution < -0.4 is 9.47 Å². The van der Waals surface area contributed by atoms with Gasteiger partial charge in [0.05, 0.1) is 7.11 Å². The van der Waals surface area contributed by atoms with Crippen molar-refractivity contribution in [1.29, 1.82) is 0 Å². The van der Waals surface area contributed by atoms with E-state index in [0.29, 0.717) is 0 Å². The molecular weight excluding hydrogens is 245 g/mol. The molecule has 0 spiro atoms. The monoisotopic (exact) mass is 252 g/mol. The molecule has 0 N–H and O–H groups in total. The fourth-order valence-electron chi connectivity index (χ4n) is 1.09. The Kier molecular flexibility index (Phi) is 3.39. The van der Waals surface area contributed by atoms with Crippen LogP contribution in [0.1, 0.15) is 5.56 Å². The Bertz CT molecular complexity index is 447. The van der Waals surface area contributed by atoms with Gasteiger partial charge in [-0.3, -0.25) is 0 Å². The summed E-state index contributed by atoms with van der Waals surface area (Å²) in [7, 11) is 1.04. The van der Waals surface area contributed by atoms with E-state index < -0.39 is 28.7 Å². The molecule has 0 unspecified atom stereocenters. The molecule has 0 aliphatic carbocycles. The van der Waals surface area contributed by atoms with E-state index in [1.807, 2.05) is 0 Å². The third kappa shape index (κ3) is 3.20. The molecule has 0 bridgehead atoms. The lowest BCUT2D eigenvalue weighted by molar-refractivity contribution is -0.389. The van der Waals surface area contributed by atoms with Gasteiger partial charge in [-0.1, -0.05) is 0 Å². The summed E-state index contributed by atoms with van der Waals surface area (Å²) in [5.41, 5.74) is -0.0964. The van der Waals surface area contributed by atoms with Crippen LogP contribution in [0, 0.1) is 17.0 Å². The Morgan fingerprint density at radius 3 is 2.47 bits per heavy atom. The summed E-state index contributed by atoms with van der Waals surface area (Å²) in [5, 5.41) is 10.4. The van der Waals surface area contributed by atoms with Gasteiger partial charge in [-0.2, -0.15) is 0 Å². The van der Waals surface area contributed by atoms with Crippen LogP contribution >= 0.6 is 0 Å². The molecular formula is C8H7F3N2O4. The third-order valence-electron chi connectivity index (χ3n) is 1.71. The molecule has 17 heavy (non-hydrogen) atoms. The largest absolute Gasteiger partial charge is 0.573 e. The highest BCUT2D eigenvalue weighted by Gasteiger charge is 2.35. The van der Waals surface area contributed by atoms with Crippen molar-refractivity contribution in [2.75, 3.05) is 7.11 Å². The zero-order valence-electron chi connectivity index (χ0n) is 8.74. The Morgan fingerprint density at radius 1 is 1.47 bits per heavy atom. The van der Waals surface area contributed by atoms with Crippen molar-refractivity contribution in [2.24, 2.45) is 0 Å².